The van der Waals surface area contributed by atoms with Crippen LogP contribution in [-0.2, 0) is 6.42 Å². The summed E-state index contributed by atoms with van der Waals surface area (Å²) < 4.78 is 5.89. The molecule has 0 amide bonds. The van der Waals surface area contributed by atoms with E-state index in [1.807, 2.05) is 0 Å². The van der Waals surface area contributed by atoms with E-state index in [0.717, 1.165) is 25.3 Å². The zero-order chi connectivity index (χ0) is 12.8. The molecule has 18 heavy (non-hydrogen) atoms. The molecule has 2 N–H and O–H groups in total. The summed E-state index contributed by atoms with van der Waals surface area (Å²) in [5.74, 6) is 0.999. The maximum absolute atomic E-state index is 5.89. The van der Waals surface area contributed by atoms with E-state index in [9.17, 15) is 0 Å². The SMILES string of the molecule is CCCCc1ccc(OCC2(CCN)CC2)cc1. The van der Waals surface area contributed by atoms with E-state index in [2.05, 4.69) is 31.2 Å². The Morgan fingerprint density at radius 2 is 1.94 bits per heavy atom. The standard InChI is InChI=1S/C16H25NO/c1-2-3-4-14-5-7-15(8-6-14)18-13-16(9-10-16)11-12-17/h5-8H,2-4,9-13,17H2,1H3. The third kappa shape index (κ3) is 3.74. The molecule has 2 nitrogen and oxygen atoms in total. The van der Waals surface area contributed by atoms with Crippen LogP contribution in [0.5, 0.6) is 5.75 Å². The van der Waals surface area contributed by atoms with E-state index in [1.165, 1.54) is 37.7 Å². The maximum atomic E-state index is 5.89. The molecule has 1 aliphatic carbocycles. The molecule has 0 bridgehead atoms. The van der Waals surface area contributed by atoms with Gasteiger partial charge in [-0.05, 0) is 56.3 Å². The molecule has 0 atom stereocenters. The highest BCUT2D eigenvalue weighted by Crippen LogP contribution is 2.48. The van der Waals surface area contributed by atoms with Crippen LogP contribution < -0.4 is 10.5 Å². The molecule has 0 saturated heterocycles. The first-order valence-electron chi connectivity index (χ1n) is 7.20. The molecule has 2 rings (SSSR count). The van der Waals surface area contributed by atoms with Gasteiger partial charge >= 0.3 is 0 Å². The van der Waals surface area contributed by atoms with Crippen molar-refractivity contribution in [1.29, 1.82) is 0 Å². The lowest BCUT2D eigenvalue weighted by atomic mass is 10.0. The topological polar surface area (TPSA) is 35.2 Å². The average Bonchev–Trinajstić information content (AvgIpc) is 3.16. The zero-order valence-corrected chi connectivity index (χ0v) is 11.5. The van der Waals surface area contributed by atoms with Crippen molar-refractivity contribution in [1.82, 2.24) is 0 Å². The molecule has 1 aromatic rings. The van der Waals surface area contributed by atoms with Crippen LogP contribution in [0.4, 0.5) is 0 Å². The zero-order valence-electron chi connectivity index (χ0n) is 11.5. The molecule has 100 valence electrons. The predicted octanol–water partition coefficient (Wildman–Crippen LogP) is 3.54. The normalized spacial score (nSPS) is 16.6. The minimum absolute atomic E-state index is 0.398. The van der Waals surface area contributed by atoms with E-state index in [4.69, 9.17) is 10.5 Å². The number of ether oxygens (including phenoxy) is 1. The fourth-order valence-corrected chi connectivity index (χ4v) is 2.32. The highest BCUT2D eigenvalue weighted by Gasteiger charge is 2.42. The summed E-state index contributed by atoms with van der Waals surface area (Å²) in [7, 11) is 0. The summed E-state index contributed by atoms with van der Waals surface area (Å²) in [6, 6.07) is 8.58. The smallest absolute Gasteiger partial charge is 0.119 e. The second-order valence-electron chi connectivity index (χ2n) is 5.57. The monoisotopic (exact) mass is 247 g/mol. The Labute approximate surface area is 111 Å². The molecular weight excluding hydrogens is 222 g/mol. The molecule has 1 aromatic carbocycles. The fraction of sp³-hybridized carbons (Fsp3) is 0.625. The molecule has 0 heterocycles. The Balaban J connectivity index is 1.79. The molecule has 0 aliphatic heterocycles. The number of rotatable bonds is 8. The minimum Gasteiger partial charge on any atom is -0.493 e. The first-order chi connectivity index (χ1) is 8.78. The molecule has 1 fully saturated rings. The van der Waals surface area contributed by atoms with Gasteiger partial charge < -0.3 is 10.5 Å². The van der Waals surface area contributed by atoms with Crippen LogP contribution in [0.1, 0.15) is 44.6 Å². The Kier molecular flexibility index (Phi) is 4.65. The van der Waals surface area contributed by atoms with Crippen LogP contribution in [0.3, 0.4) is 0 Å². The molecule has 0 radical (unpaired) electrons. The summed E-state index contributed by atoms with van der Waals surface area (Å²) in [4.78, 5) is 0. The largest absolute Gasteiger partial charge is 0.493 e. The Hall–Kier alpha value is -1.02. The van der Waals surface area contributed by atoms with Crippen LogP contribution in [0.25, 0.3) is 0 Å². The van der Waals surface area contributed by atoms with Gasteiger partial charge in [0.2, 0.25) is 0 Å². The van der Waals surface area contributed by atoms with Crippen molar-refractivity contribution in [2.45, 2.75) is 45.4 Å². The molecule has 1 aliphatic rings. The van der Waals surface area contributed by atoms with E-state index >= 15 is 0 Å². The predicted molar refractivity (Wildman–Crippen MR) is 75.9 cm³/mol. The van der Waals surface area contributed by atoms with Gasteiger partial charge in [0.05, 0.1) is 6.61 Å². The van der Waals surface area contributed by atoms with Crippen molar-refractivity contribution in [3.05, 3.63) is 29.8 Å². The Morgan fingerprint density at radius 3 is 2.50 bits per heavy atom. The molecular formula is C16H25NO. The summed E-state index contributed by atoms with van der Waals surface area (Å²) in [5, 5.41) is 0. The van der Waals surface area contributed by atoms with Crippen molar-refractivity contribution < 1.29 is 4.74 Å². The summed E-state index contributed by atoms with van der Waals surface area (Å²) in [6.45, 7) is 3.84. The highest BCUT2D eigenvalue weighted by atomic mass is 16.5. The first kappa shape index (κ1) is 13.4. The number of hydrogen-bond donors (Lipinski definition) is 1. The van der Waals surface area contributed by atoms with Crippen LogP contribution in [0.15, 0.2) is 24.3 Å². The van der Waals surface area contributed by atoms with Crippen LogP contribution in [-0.4, -0.2) is 13.2 Å². The fourth-order valence-electron chi connectivity index (χ4n) is 2.32. The lowest BCUT2D eigenvalue weighted by Gasteiger charge is -2.15. The Morgan fingerprint density at radius 1 is 1.22 bits per heavy atom. The van der Waals surface area contributed by atoms with Crippen LogP contribution in [0, 0.1) is 5.41 Å². The van der Waals surface area contributed by atoms with Gasteiger partial charge in [0.25, 0.3) is 0 Å². The third-order valence-electron chi connectivity index (χ3n) is 3.92. The van der Waals surface area contributed by atoms with Crippen LogP contribution >= 0.6 is 0 Å². The number of unbranched alkanes of at least 4 members (excludes halogenated alkanes) is 1. The summed E-state index contributed by atoms with van der Waals surface area (Å²) in [6.07, 6.45) is 7.34. The van der Waals surface area contributed by atoms with Gasteiger partial charge in [0, 0.05) is 5.41 Å². The van der Waals surface area contributed by atoms with E-state index < -0.39 is 0 Å². The summed E-state index contributed by atoms with van der Waals surface area (Å²) >= 11 is 0. The molecule has 0 aromatic heterocycles. The third-order valence-corrected chi connectivity index (χ3v) is 3.92. The molecule has 1 saturated carbocycles. The van der Waals surface area contributed by atoms with Gasteiger partial charge in [-0.2, -0.15) is 0 Å². The van der Waals surface area contributed by atoms with Crippen molar-refractivity contribution in [3.63, 3.8) is 0 Å². The van der Waals surface area contributed by atoms with E-state index in [0.29, 0.717) is 5.41 Å². The van der Waals surface area contributed by atoms with Gasteiger partial charge in [-0.3, -0.25) is 0 Å². The van der Waals surface area contributed by atoms with Crippen molar-refractivity contribution in [2.75, 3.05) is 13.2 Å². The highest BCUT2D eigenvalue weighted by molar-refractivity contribution is 5.27. The first-order valence-corrected chi connectivity index (χ1v) is 7.20. The van der Waals surface area contributed by atoms with Gasteiger partial charge in [-0.1, -0.05) is 25.5 Å². The Bertz CT molecular complexity index is 354. The number of nitrogens with two attached hydrogens (primary N) is 1. The average molecular weight is 247 g/mol. The second kappa shape index (κ2) is 6.24. The number of hydrogen-bond acceptors (Lipinski definition) is 2. The lowest BCUT2D eigenvalue weighted by Crippen LogP contribution is -2.17. The maximum Gasteiger partial charge on any atom is 0.119 e. The van der Waals surface area contributed by atoms with E-state index in [1.54, 1.807) is 0 Å². The number of aryl methyl sites for hydroxylation is 1. The molecule has 2 heteroatoms. The second-order valence-corrected chi connectivity index (χ2v) is 5.57. The van der Waals surface area contributed by atoms with Crippen molar-refractivity contribution >= 4 is 0 Å². The molecule has 0 spiro atoms. The minimum atomic E-state index is 0.398. The van der Waals surface area contributed by atoms with Crippen LogP contribution in [0.2, 0.25) is 0 Å². The van der Waals surface area contributed by atoms with Crippen molar-refractivity contribution in [2.24, 2.45) is 11.1 Å². The van der Waals surface area contributed by atoms with Crippen molar-refractivity contribution in [3.8, 4) is 5.75 Å². The molecule has 0 unspecified atom stereocenters. The summed E-state index contributed by atoms with van der Waals surface area (Å²) in [5.41, 5.74) is 7.44. The van der Waals surface area contributed by atoms with Gasteiger partial charge in [-0.15, -0.1) is 0 Å². The van der Waals surface area contributed by atoms with Gasteiger partial charge in [-0.25, -0.2) is 0 Å². The number of benzene rings is 1. The van der Waals surface area contributed by atoms with Gasteiger partial charge in [0.1, 0.15) is 5.75 Å². The van der Waals surface area contributed by atoms with Gasteiger partial charge in [0.15, 0.2) is 0 Å². The quantitative estimate of drug-likeness (QED) is 0.762. The van der Waals surface area contributed by atoms with E-state index in [-0.39, 0.29) is 0 Å². The lowest BCUT2D eigenvalue weighted by molar-refractivity contribution is 0.227.